The van der Waals surface area contributed by atoms with Gasteiger partial charge in [0.25, 0.3) is 0 Å². The molecule has 36 heavy (non-hydrogen) atoms. The summed E-state index contributed by atoms with van der Waals surface area (Å²) in [6.07, 6.45) is 3.13. The van der Waals surface area contributed by atoms with Crippen LogP contribution in [0.3, 0.4) is 0 Å². The van der Waals surface area contributed by atoms with E-state index in [2.05, 4.69) is 26.8 Å². The Bertz CT molecular complexity index is 1140. The van der Waals surface area contributed by atoms with E-state index in [4.69, 9.17) is 10.7 Å². The molecule has 3 heterocycles. The van der Waals surface area contributed by atoms with Gasteiger partial charge < -0.3 is 15.5 Å². The number of hydrogen-bond acceptors (Lipinski definition) is 8. The molecule has 0 saturated carbocycles. The van der Waals surface area contributed by atoms with E-state index >= 15 is 0 Å². The van der Waals surface area contributed by atoms with Crippen LogP contribution in [0.2, 0.25) is 0 Å². The number of benzene rings is 1. The van der Waals surface area contributed by atoms with E-state index in [1.807, 2.05) is 37.3 Å². The maximum absolute atomic E-state index is 12.4. The molecule has 2 N–H and O–H groups in total. The molecule has 0 spiro atoms. The van der Waals surface area contributed by atoms with Gasteiger partial charge in [0.1, 0.15) is 28.2 Å². The van der Waals surface area contributed by atoms with Crippen LogP contribution in [0.1, 0.15) is 47.3 Å². The molecule has 1 aromatic heterocycles. The number of amides is 1. The number of nitrogens with two attached hydrogens (primary N) is 1. The third-order valence-corrected chi connectivity index (χ3v) is 8.28. The fourth-order valence-electron chi connectivity index (χ4n) is 5.00. The van der Waals surface area contributed by atoms with E-state index in [1.165, 1.54) is 37.7 Å². The van der Waals surface area contributed by atoms with Crippen molar-refractivity contribution in [1.29, 1.82) is 10.5 Å². The Morgan fingerprint density at radius 1 is 1.00 bits per heavy atom. The Balaban J connectivity index is 1.59. The number of hydrogen-bond donors (Lipinski definition) is 1. The first kappa shape index (κ1) is 26.0. The fraction of sp³-hybridized carbons (Fsp3) is 0.481. The van der Waals surface area contributed by atoms with Crippen molar-refractivity contribution in [1.82, 2.24) is 14.8 Å². The summed E-state index contributed by atoms with van der Waals surface area (Å²) in [6, 6.07) is 13.9. The first-order valence-electron chi connectivity index (χ1n) is 12.6. The van der Waals surface area contributed by atoms with Crippen LogP contribution in [-0.2, 0) is 11.2 Å². The molecule has 0 bridgehead atoms. The minimum atomic E-state index is -0.682. The van der Waals surface area contributed by atoms with Crippen LogP contribution < -0.4 is 10.6 Å². The van der Waals surface area contributed by atoms with Crippen LogP contribution in [0.15, 0.2) is 35.4 Å². The molecule has 1 aromatic carbocycles. The number of anilines is 1. The summed E-state index contributed by atoms with van der Waals surface area (Å²) in [6.45, 7) is 9.83. The normalized spacial score (nSPS) is 17.5. The Labute approximate surface area is 217 Å². The minimum absolute atomic E-state index is 0.356. The van der Waals surface area contributed by atoms with Gasteiger partial charge in [-0.05, 0) is 43.5 Å². The molecule has 1 unspecified atom stereocenters. The average molecular weight is 504 g/mol. The first-order chi connectivity index (χ1) is 17.5. The molecule has 2 aliphatic rings. The molecule has 1 amide bonds. The highest BCUT2D eigenvalue weighted by Gasteiger charge is 2.28. The Morgan fingerprint density at radius 2 is 1.61 bits per heavy atom. The second-order valence-corrected chi connectivity index (χ2v) is 10.3. The van der Waals surface area contributed by atoms with Crippen LogP contribution in [-0.4, -0.2) is 73.0 Å². The summed E-state index contributed by atoms with van der Waals surface area (Å²) in [4.78, 5) is 24.4. The molecular weight excluding hydrogens is 470 g/mol. The zero-order chi connectivity index (χ0) is 25.5. The van der Waals surface area contributed by atoms with Gasteiger partial charge in [0.05, 0.1) is 11.1 Å². The SMILES string of the molecule is CCc1c(C#N)c(SC(C(N)=O)c2ccccc2)nc(N2CCN(CCN3CCCC3)CC2)c1C#N. The van der Waals surface area contributed by atoms with Crippen molar-refractivity contribution >= 4 is 23.5 Å². The molecule has 9 heteroatoms. The van der Waals surface area contributed by atoms with Crippen LogP contribution in [0.25, 0.3) is 0 Å². The van der Waals surface area contributed by atoms with Gasteiger partial charge in [-0.25, -0.2) is 4.98 Å². The van der Waals surface area contributed by atoms with Gasteiger partial charge in [-0.3, -0.25) is 9.69 Å². The topological polar surface area (TPSA) is 113 Å². The van der Waals surface area contributed by atoms with Crippen LogP contribution in [0.4, 0.5) is 5.82 Å². The molecule has 4 rings (SSSR count). The number of rotatable bonds is 9. The van der Waals surface area contributed by atoms with Gasteiger partial charge >= 0.3 is 0 Å². The standard InChI is InChI=1S/C27H33N7OS/c1-2-21-22(18-28)26(34-16-14-33(15-17-34)13-12-32-10-6-7-11-32)31-27(23(21)19-29)36-24(25(30)35)20-8-4-3-5-9-20/h3-5,8-9,24H,2,6-7,10-17H2,1H3,(H2,30,35). The molecule has 0 radical (unpaired) electrons. The number of piperazine rings is 1. The number of aromatic nitrogens is 1. The molecule has 2 saturated heterocycles. The van der Waals surface area contributed by atoms with E-state index < -0.39 is 11.2 Å². The van der Waals surface area contributed by atoms with Crippen LogP contribution in [0.5, 0.6) is 0 Å². The number of likely N-dealkylation sites (tertiary alicyclic amines) is 1. The van der Waals surface area contributed by atoms with Crippen molar-refractivity contribution in [3.05, 3.63) is 52.6 Å². The maximum Gasteiger partial charge on any atom is 0.235 e. The monoisotopic (exact) mass is 503 g/mol. The zero-order valence-corrected chi connectivity index (χ0v) is 21.6. The van der Waals surface area contributed by atoms with Crippen molar-refractivity contribution in [3.63, 3.8) is 0 Å². The summed E-state index contributed by atoms with van der Waals surface area (Å²) in [5.74, 6) is 0.110. The second-order valence-electron chi connectivity index (χ2n) is 9.23. The predicted octanol–water partition coefficient (Wildman–Crippen LogP) is 2.92. The highest BCUT2D eigenvalue weighted by atomic mass is 32.2. The smallest absolute Gasteiger partial charge is 0.235 e. The number of carbonyl (C=O) groups excluding carboxylic acids is 1. The van der Waals surface area contributed by atoms with Crippen molar-refractivity contribution < 1.29 is 4.79 Å². The lowest BCUT2D eigenvalue weighted by molar-refractivity contribution is -0.117. The molecule has 1 atom stereocenters. The number of nitrogens with zero attached hydrogens (tertiary/aromatic N) is 6. The summed E-state index contributed by atoms with van der Waals surface area (Å²) in [5.41, 5.74) is 8.02. The van der Waals surface area contributed by atoms with Crippen LogP contribution >= 0.6 is 11.8 Å². The number of nitriles is 2. The number of pyridine rings is 1. The number of thioether (sulfide) groups is 1. The van der Waals surface area contributed by atoms with Gasteiger partial charge in [0, 0.05) is 39.3 Å². The van der Waals surface area contributed by atoms with Crippen molar-refractivity contribution in [2.24, 2.45) is 5.73 Å². The lowest BCUT2D eigenvalue weighted by Gasteiger charge is -2.36. The third-order valence-electron chi connectivity index (χ3n) is 7.02. The molecule has 2 aromatic rings. The van der Waals surface area contributed by atoms with Crippen molar-refractivity contribution in [2.45, 2.75) is 36.5 Å². The fourth-order valence-corrected chi connectivity index (χ4v) is 6.06. The van der Waals surface area contributed by atoms with E-state index in [0.717, 1.165) is 44.8 Å². The molecule has 2 fully saturated rings. The van der Waals surface area contributed by atoms with Crippen molar-refractivity contribution in [3.8, 4) is 12.1 Å². The van der Waals surface area contributed by atoms with Gasteiger partial charge in [0.15, 0.2) is 0 Å². The highest BCUT2D eigenvalue weighted by molar-refractivity contribution is 8.00. The molecule has 188 valence electrons. The Morgan fingerprint density at radius 3 is 2.17 bits per heavy atom. The zero-order valence-electron chi connectivity index (χ0n) is 20.8. The number of primary amides is 1. The Hall–Kier alpha value is -3.11. The van der Waals surface area contributed by atoms with Gasteiger partial charge in [-0.15, -0.1) is 0 Å². The lowest BCUT2D eigenvalue weighted by Crippen LogP contribution is -2.48. The maximum atomic E-state index is 12.4. The van der Waals surface area contributed by atoms with Gasteiger partial charge in [-0.1, -0.05) is 49.0 Å². The summed E-state index contributed by atoms with van der Waals surface area (Å²) >= 11 is 1.19. The second kappa shape index (κ2) is 12.2. The van der Waals surface area contributed by atoms with Gasteiger partial charge in [0.2, 0.25) is 5.91 Å². The quantitative estimate of drug-likeness (QED) is 0.520. The first-order valence-corrected chi connectivity index (χ1v) is 13.5. The summed E-state index contributed by atoms with van der Waals surface area (Å²) < 4.78 is 0. The third kappa shape index (κ3) is 5.82. The lowest BCUT2D eigenvalue weighted by atomic mass is 10.0. The molecule has 2 aliphatic heterocycles. The van der Waals surface area contributed by atoms with E-state index in [1.54, 1.807) is 0 Å². The Kier molecular flexibility index (Phi) is 8.82. The minimum Gasteiger partial charge on any atom is -0.368 e. The molecular formula is C27H33N7OS. The van der Waals surface area contributed by atoms with Crippen LogP contribution in [0, 0.1) is 22.7 Å². The molecule has 8 nitrogen and oxygen atoms in total. The van der Waals surface area contributed by atoms with E-state index in [0.29, 0.717) is 34.0 Å². The highest BCUT2D eigenvalue weighted by Crippen LogP contribution is 2.39. The summed E-state index contributed by atoms with van der Waals surface area (Å²) in [7, 11) is 0. The van der Waals surface area contributed by atoms with Crippen molar-refractivity contribution in [2.75, 3.05) is 57.3 Å². The average Bonchev–Trinajstić information content (AvgIpc) is 3.44. The number of carbonyl (C=O) groups is 1. The molecule has 0 aliphatic carbocycles. The van der Waals surface area contributed by atoms with Gasteiger partial charge in [-0.2, -0.15) is 10.5 Å². The summed E-state index contributed by atoms with van der Waals surface area (Å²) in [5, 5.41) is 19.8. The predicted molar refractivity (Wildman–Crippen MR) is 142 cm³/mol. The van der Waals surface area contributed by atoms with E-state index in [-0.39, 0.29) is 0 Å². The van der Waals surface area contributed by atoms with E-state index in [9.17, 15) is 15.3 Å². The largest absolute Gasteiger partial charge is 0.368 e.